The Hall–Kier alpha value is -5.87. The van der Waals surface area contributed by atoms with Crippen LogP contribution in [0.2, 0.25) is 0 Å². The Bertz CT molecular complexity index is 2470. The summed E-state index contributed by atoms with van der Waals surface area (Å²) >= 11 is 0. The van der Waals surface area contributed by atoms with Gasteiger partial charge in [0, 0.05) is 38.4 Å². The van der Waals surface area contributed by atoms with Crippen LogP contribution in [0.5, 0.6) is 0 Å². The number of nitrogens with zero attached hydrogens (tertiary/aromatic N) is 3. The predicted octanol–water partition coefficient (Wildman–Crippen LogP) is 11.7. The molecule has 2 aliphatic carbocycles. The summed E-state index contributed by atoms with van der Waals surface area (Å²) in [6, 6.07) is 49.1. The summed E-state index contributed by atoms with van der Waals surface area (Å²) < 4.78 is 6.75. The molecule has 8 aromatic rings. The first kappa shape index (κ1) is 28.2. The van der Waals surface area contributed by atoms with Crippen LogP contribution >= 0.6 is 0 Å². The first-order valence-electron chi connectivity index (χ1n) is 17.3. The van der Waals surface area contributed by atoms with Crippen molar-refractivity contribution in [2.24, 2.45) is 0 Å². The Labute approximate surface area is 285 Å². The zero-order valence-corrected chi connectivity index (χ0v) is 27.1. The molecule has 49 heavy (non-hydrogen) atoms. The summed E-state index contributed by atoms with van der Waals surface area (Å²) in [5.41, 5.74) is 12.8. The minimum atomic E-state index is 0.110. The number of hydrogen-bond acceptors (Lipinski definition) is 4. The van der Waals surface area contributed by atoms with E-state index in [9.17, 15) is 0 Å². The molecule has 1 spiro atoms. The lowest BCUT2D eigenvalue weighted by Crippen LogP contribution is -2.27. The largest absolute Gasteiger partial charge is 0.455 e. The summed E-state index contributed by atoms with van der Waals surface area (Å²) in [6.07, 6.45) is 6.31. The topological polar surface area (TPSA) is 51.8 Å². The predicted molar refractivity (Wildman–Crippen MR) is 198 cm³/mol. The Kier molecular flexibility index (Phi) is 6.38. The van der Waals surface area contributed by atoms with Gasteiger partial charge < -0.3 is 4.42 Å². The summed E-state index contributed by atoms with van der Waals surface area (Å²) in [4.78, 5) is 14.9. The molecule has 10 rings (SSSR count). The van der Waals surface area contributed by atoms with E-state index in [-0.39, 0.29) is 5.41 Å². The van der Waals surface area contributed by atoms with E-state index >= 15 is 0 Å². The summed E-state index contributed by atoms with van der Waals surface area (Å²) in [7, 11) is 0. The first-order chi connectivity index (χ1) is 24.3. The van der Waals surface area contributed by atoms with Crippen molar-refractivity contribution in [3.05, 3.63) is 151 Å². The van der Waals surface area contributed by atoms with E-state index in [1.54, 1.807) is 0 Å². The molecular weight excluding hydrogens is 599 g/mol. The maximum absolute atomic E-state index is 6.75. The highest BCUT2D eigenvalue weighted by molar-refractivity contribution is 6.12. The van der Waals surface area contributed by atoms with Crippen molar-refractivity contribution in [3.63, 3.8) is 0 Å². The van der Waals surface area contributed by atoms with Crippen LogP contribution in [0, 0.1) is 0 Å². The SMILES string of the molecule is c1ccc(-c2nc(-c3ccccc3)nc(-c3ccc4oc5c(-c6cccc7c6-c6ccccc6C76CCCCC6)cccc5c4c3)n2)cc1. The van der Waals surface area contributed by atoms with Crippen LogP contribution in [0.15, 0.2) is 144 Å². The lowest BCUT2D eigenvalue weighted by atomic mass is 9.68. The fourth-order valence-corrected chi connectivity index (χ4v) is 8.51. The van der Waals surface area contributed by atoms with Crippen molar-refractivity contribution in [1.29, 1.82) is 0 Å². The maximum atomic E-state index is 6.75. The fraction of sp³-hybridized carbons (Fsp3) is 0.133. The van der Waals surface area contributed by atoms with Crippen LogP contribution in [0.3, 0.4) is 0 Å². The fourth-order valence-electron chi connectivity index (χ4n) is 8.51. The lowest BCUT2D eigenvalue weighted by molar-refractivity contribution is 0.353. The van der Waals surface area contributed by atoms with Gasteiger partial charge in [-0.3, -0.25) is 0 Å². The quantitative estimate of drug-likeness (QED) is 0.194. The second-order valence-corrected chi connectivity index (χ2v) is 13.5. The van der Waals surface area contributed by atoms with E-state index in [4.69, 9.17) is 19.4 Å². The molecular formula is C45H33N3O. The number of furan rings is 1. The highest BCUT2D eigenvalue weighted by Gasteiger charge is 2.44. The van der Waals surface area contributed by atoms with E-state index < -0.39 is 0 Å². The summed E-state index contributed by atoms with van der Waals surface area (Å²) in [6.45, 7) is 0. The monoisotopic (exact) mass is 631 g/mol. The molecule has 0 unspecified atom stereocenters. The molecule has 1 fully saturated rings. The normalized spacial score (nSPS) is 14.7. The van der Waals surface area contributed by atoms with Gasteiger partial charge in [-0.25, -0.2) is 15.0 Å². The minimum absolute atomic E-state index is 0.110. The lowest BCUT2D eigenvalue weighted by Gasteiger charge is -2.36. The smallest absolute Gasteiger partial charge is 0.164 e. The van der Waals surface area contributed by atoms with Gasteiger partial charge in [-0.15, -0.1) is 0 Å². The number of hydrogen-bond donors (Lipinski definition) is 0. The van der Waals surface area contributed by atoms with Gasteiger partial charge in [0.1, 0.15) is 11.2 Å². The van der Waals surface area contributed by atoms with Crippen LogP contribution in [0.4, 0.5) is 0 Å². The summed E-state index contributed by atoms with van der Waals surface area (Å²) in [5.74, 6) is 1.94. The third-order valence-electron chi connectivity index (χ3n) is 10.7. The third kappa shape index (κ3) is 4.40. The highest BCUT2D eigenvalue weighted by atomic mass is 16.3. The van der Waals surface area contributed by atoms with Crippen molar-refractivity contribution >= 4 is 21.9 Å². The van der Waals surface area contributed by atoms with Crippen LogP contribution in [-0.2, 0) is 5.41 Å². The molecule has 4 heteroatoms. The zero-order chi connectivity index (χ0) is 32.4. The van der Waals surface area contributed by atoms with Gasteiger partial charge in [-0.05, 0) is 58.9 Å². The van der Waals surface area contributed by atoms with E-state index in [0.29, 0.717) is 17.5 Å². The number of aromatic nitrogens is 3. The Morgan fingerprint density at radius 1 is 0.449 bits per heavy atom. The third-order valence-corrected chi connectivity index (χ3v) is 10.7. The van der Waals surface area contributed by atoms with E-state index in [2.05, 4.69) is 78.9 Å². The van der Waals surface area contributed by atoms with Gasteiger partial charge >= 0.3 is 0 Å². The molecule has 0 saturated heterocycles. The molecule has 0 bridgehead atoms. The molecule has 0 amide bonds. The van der Waals surface area contributed by atoms with Crippen molar-refractivity contribution < 1.29 is 4.42 Å². The second kappa shape index (κ2) is 11.1. The van der Waals surface area contributed by atoms with E-state index in [1.165, 1.54) is 59.9 Å². The highest BCUT2D eigenvalue weighted by Crippen LogP contribution is 2.58. The van der Waals surface area contributed by atoms with Crippen molar-refractivity contribution in [3.8, 4) is 56.4 Å². The van der Waals surface area contributed by atoms with E-state index in [1.807, 2.05) is 60.7 Å². The molecule has 6 aromatic carbocycles. The maximum Gasteiger partial charge on any atom is 0.164 e. The van der Waals surface area contributed by atoms with Crippen LogP contribution in [-0.4, -0.2) is 15.0 Å². The van der Waals surface area contributed by atoms with Crippen molar-refractivity contribution in [1.82, 2.24) is 15.0 Å². The minimum Gasteiger partial charge on any atom is -0.455 e. The zero-order valence-electron chi connectivity index (χ0n) is 27.1. The molecule has 2 heterocycles. The average molecular weight is 632 g/mol. The number of fused-ring (bicyclic) bond motifs is 8. The van der Waals surface area contributed by atoms with Crippen molar-refractivity contribution in [2.75, 3.05) is 0 Å². The molecule has 2 aromatic heterocycles. The van der Waals surface area contributed by atoms with Crippen LogP contribution in [0.1, 0.15) is 43.2 Å². The standard InChI is InChI=1S/C45H33N3O/c1-4-14-29(15-5-1)42-46-43(30-16-6-2-7-17-30)48-44(47-42)31-24-25-39-36(28-31)34-21-12-20-33(41(34)49-39)32-19-13-23-38-40(32)35-18-8-9-22-37(35)45(38)26-10-3-11-27-45/h1-2,4-9,12-25,28H,3,10-11,26-27H2. The molecule has 0 aliphatic heterocycles. The van der Waals surface area contributed by atoms with Gasteiger partial charge in [-0.1, -0.05) is 141 Å². The van der Waals surface area contributed by atoms with Crippen LogP contribution in [0.25, 0.3) is 78.4 Å². The van der Waals surface area contributed by atoms with Gasteiger partial charge in [0.15, 0.2) is 17.5 Å². The first-order valence-corrected chi connectivity index (χ1v) is 17.3. The molecule has 4 nitrogen and oxygen atoms in total. The number of para-hydroxylation sites is 1. The van der Waals surface area contributed by atoms with Crippen molar-refractivity contribution in [2.45, 2.75) is 37.5 Å². The van der Waals surface area contributed by atoms with Gasteiger partial charge in [0.05, 0.1) is 0 Å². The Balaban J connectivity index is 1.14. The van der Waals surface area contributed by atoms with Gasteiger partial charge in [0.2, 0.25) is 0 Å². The molecule has 234 valence electrons. The van der Waals surface area contributed by atoms with E-state index in [0.717, 1.165) is 44.2 Å². The van der Waals surface area contributed by atoms with Gasteiger partial charge in [-0.2, -0.15) is 0 Å². The van der Waals surface area contributed by atoms with Crippen LogP contribution < -0.4 is 0 Å². The molecule has 0 N–H and O–H groups in total. The molecule has 1 saturated carbocycles. The Morgan fingerprint density at radius 3 is 1.78 bits per heavy atom. The average Bonchev–Trinajstić information content (AvgIpc) is 3.69. The molecule has 2 aliphatic rings. The molecule has 0 radical (unpaired) electrons. The summed E-state index contributed by atoms with van der Waals surface area (Å²) in [5, 5.41) is 2.14. The van der Waals surface area contributed by atoms with Gasteiger partial charge in [0.25, 0.3) is 0 Å². The number of rotatable bonds is 4. The Morgan fingerprint density at radius 2 is 1.04 bits per heavy atom. The number of benzene rings is 6. The second-order valence-electron chi connectivity index (χ2n) is 13.5. The molecule has 0 atom stereocenters.